The quantitative estimate of drug-likeness (QED) is 0.657. The Labute approximate surface area is 177 Å². The zero-order valence-corrected chi connectivity index (χ0v) is 17.4. The van der Waals surface area contributed by atoms with Crippen LogP contribution in [0.5, 0.6) is 5.75 Å². The van der Waals surface area contributed by atoms with Crippen LogP contribution in [0.2, 0.25) is 0 Å². The van der Waals surface area contributed by atoms with Crippen molar-refractivity contribution in [2.24, 2.45) is 0 Å². The fraction of sp³-hybridized carbons (Fsp3) is 0.182. The van der Waals surface area contributed by atoms with E-state index in [1.54, 1.807) is 55.6 Å². The smallest absolute Gasteiger partial charge is 0.269 e. The highest BCUT2D eigenvalue weighted by atomic mass is 32.1. The van der Waals surface area contributed by atoms with Gasteiger partial charge in [0.2, 0.25) is 0 Å². The Morgan fingerprint density at radius 2 is 2.03 bits per heavy atom. The molecule has 0 aliphatic heterocycles. The summed E-state index contributed by atoms with van der Waals surface area (Å²) in [6, 6.07) is 14.3. The topological polar surface area (TPSA) is 97.0 Å². The maximum Gasteiger partial charge on any atom is 0.269 e. The van der Waals surface area contributed by atoms with Gasteiger partial charge in [-0.3, -0.25) is 19.1 Å². The van der Waals surface area contributed by atoms with Crippen molar-refractivity contribution in [1.29, 1.82) is 5.26 Å². The van der Waals surface area contributed by atoms with Gasteiger partial charge in [0.25, 0.3) is 11.5 Å². The van der Waals surface area contributed by atoms with Gasteiger partial charge in [0.15, 0.2) is 5.57 Å². The maximum atomic E-state index is 12.9. The van der Waals surface area contributed by atoms with Gasteiger partial charge in [0, 0.05) is 12.7 Å². The number of hydrogen-bond acceptors (Lipinski definition) is 6. The minimum absolute atomic E-state index is 0.133. The highest BCUT2D eigenvalue weighted by Crippen LogP contribution is 2.24. The van der Waals surface area contributed by atoms with Crippen LogP contribution < -0.4 is 24.8 Å². The van der Waals surface area contributed by atoms with Crippen molar-refractivity contribution in [1.82, 2.24) is 9.55 Å². The Morgan fingerprint density at radius 1 is 1.27 bits per heavy atom. The maximum absolute atomic E-state index is 12.9. The molecular formula is C22H20N4O3S. The molecule has 2 heterocycles. The molecule has 0 atom stereocenters. The lowest BCUT2D eigenvalue weighted by Gasteiger charge is -2.10. The van der Waals surface area contributed by atoms with Crippen LogP contribution in [0.4, 0.5) is 5.69 Å². The number of benzene rings is 1. The average Bonchev–Trinajstić information content (AvgIpc) is 3.06. The summed E-state index contributed by atoms with van der Waals surface area (Å²) in [5.41, 5.74) is 0.683. The molecule has 30 heavy (non-hydrogen) atoms. The Bertz CT molecular complexity index is 1270. The third-order valence-corrected chi connectivity index (χ3v) is 5.31. The molecule has 1 aromatic carbocycles. The number of anilines is 1. The fourth-order valence-corrected chi connectivity index (χ4v) is 3.97. The molecule has 0 aliphatic carbocycles. The second-order valence-corrected chi connectivity index (χ2v) is 7.12. The molecule has 0 bridgehead atoms. The van der Waals surface area contributed by atoms with Crippen molar-refractivity contribution in [3.05, 3.63) is 73.9 Å². The summed E-state index contributed by atoms with van der Waals surface area (Å²) in [5.74, 6) is -0.0913. The van der Waals surface area contributed by atoms with E-state index >= 15 is 0 Å². The van der Waals surface area contributed by atoms with E-state index in [4.69, 9.17) is 4.74 Å². The van der Waals surface area contributed by atoms with Gasteiger partial charge < -0.3 is 10.1 Å². The molecule has 152 valence electrons. The van der Waals surface area contributed by atoms with Crippen molar-refractivity contribution in [3.63, 3.8) is 0 Å². The Morgan fingerprint density at radius 3 is 2.70 bits per heavy atom. The second kappa shape index (κ2) is 9.67. The van der Waals surface area contributed by atoms with E-state index in [1.165, 1.54) is 4.57 Å². The Hall–Kier alpha value is -3.70. The summed E-state index contributed by atoms with van der Waals surface area (Å²) in [6.07, 6.45) is 3.29. The molecule has 1 N–H and O–H groups in total. The molecule has 7 nitrogen and oxygen atoms in total. The number of para-hydroxylation sites is 2. The molecule has 0 radical (unpaired) electrons. The standard InChI is InChI=1S/C22H20N4O3S/c1-3-26-21(28)19(13-15-9-7-8-12-24-15)30-22(26)16(14-23)20(27)25-17-10-5-6-11-18(17)29-4-2/h5-13H,3-4H2,1-2H3,(H,25,27)/b19-13-,22-16-. The fourth-order valence-electron chi connectivity index (χ4n) is 2.82. The summed E-state index contributed by atoms with van der Waals surface area (Å²) in [6.45, 7) is 4.40. The first-order valence-corrected chi connectivity index (χ1v) is 10.2. The first-order valence-electron chi connectivity index (χ1n) is 9.39. The van der Waals surface area contributed by atoms with E-state index in [9.17, 15) is 14.9 Å². The number of pyridine rings is 1. The van der Waals surface area contributed by atoms with Gasteiger partial charge >= 0.3 is 0 Å². The van der Waals surface area contributed by atoms with Gasteiger partial charge in [-0.25, -0.2) is 0 Å². The van der Waals surface area contributed by atoms with Crippen molar-refractivity contribution in [2.75, 3.05) is 11.9 Å². The molecule has 0 spiro atoms. The molecule has 0 saturated carbocycles. The molecule has 0 aliphatic rings. The monoisotopic (exact) mass is 420 g/mol. The normalized spacial score (nSPS) is 12.2. The summed E-state index contributed by atoms with van der Waals surface area (Å²) < 4.78 is 7.65. The van der Waals surface area contributed by atoms with E-state index in [1.807, 2.05) is 19.1 Å². The van der Waals surface area contributed by atoms with Crippen molar-refractivity contribution >= 4 is 34.6 Å². The highest BCUT2D eigenvalue weighted by molar-refractivity contribution is 7.07. The van der Waals surface area contributed by atoms with E-state index in [0.29, 0.717) is 39.5 Å². The van der Waals surface area contributed by atoms with Crippen molar-refractivity contribution < 1.29 is 9.53 Å². The highest BCUT2D eigenvalue weighted by Gasteiger charge is 2.17. The van der Waals surface area contributed by atoms with Crippen molar-refractivity contribution in [2.45, 2.75) is 20.4 Å². The zero-order chi connectivity index (χ0) is 21.5. The average molecular weight is 420 g/mol. The molecule has 8 heteroatoms. The molecular weight excluding hydrogens is 400 g/mol. The zero-order valence-electron chi connectivity index (χ0n) is 16.6. The van der Waals surface area contributed by atoms with Gasteiger partial charge in [-0.2, -0.15) is 5.26 Å². The summed E-state index contributed by atoms with van der Waals surface area (Å²) in [4.78, 5) is 29.9. The third-order valence-electron chi connectivity index (χ3n) is 4.18. The molecule has 0 fully saturated rings. The van der Waals surface area contributed by atoms with Crippen LogP contribution in [-0.4, -0.2) is 22.1 Å². The third kappa shape index (κ3) is 4.47. The van der Waals surface area contributed by atoms with Gasteiger partial charge in [-0.1, -0.05) is 18.2 Å². The van der Waals surface area contributed by atoms with E-state index in [2.05, 4.69) is 10.3 Å². The van der Waals surface area contributed by atoms with Crippen LogP contribution in [0, 0.1) is 11.3 Å². The molecule has 1 amide bonds. The number of nitrogens with zero attached hydrogens (tertiary/aromatic N) is 3. The predicted molar refractivity (Wildman–Crippen MR) is 117 cm³/mol. The number of rotatable bonds is 6. The lowest BCUT2D eigenvalue weighted by Crippen LogP contribution is -2.33. The van der Waals surface area contributed by atoms with Crippen LogP contribution in [0.25, 0.3) is 11.6 Å². The lowest BCUT2D eigenvalue weighted by molar-refractivity contribution is -0.111. The Kier molecular flexibility index (Phi) is 6.78. The van der Waals surface area contributed by atoms with Crippen LogP contribution >= 0.6 is 11.3 Å². The minimum Gasteiger partial charge on any atom is -0.492 e. The van der Waals surface area contributed by atoms with E-state index in [-0.39, 0.29) is 11.1 Å². The summed E-state index contributed by atoms with van der Waals surface area (Å²) in [5, 5.41) is 12.4. The predicted octanol–water partition coefficient (Wildman–Crippen LogP) is 1.87. The van der Waals surface area contributed by atoms with Crippen molar-refractivity contribution in [3.8, 4) is 11.8 Å². The van der Waals surface area contributed by atoms with Crippen LogP contribution in [0.15, 0.2) is 53.5 Å². The number of nitrogens with one attached hydrogen (secondary N) is 1. The van der Waals surface area contributed by atoms with Gasteiger partial charge in [0.1, 0.15) is 16.5 Å². The van der Waals surface area contributed by atoms with Gasteiger partial charge in [-0.05, 0) is 44.2 Å². The van der Waals surface area contributed by atoms with Crippen LogP contribution in [0.1, 0.15) is 19.5 Å². The number of thiazole rings is 1. The van der Waals surface area contributed by atoms with Gasteiger partial charge in [0.05, 0.1) is 22.5 Å². The second-order valence-electron chi connectivity index (χ2n) is 6.09. The van der Waals surface area contributed by atoms with E-state index in [0.717, 1.165) is 11.3 Å². The number of carbonyl (C=O) groups excluding carboxylic acids is 1. The Balaban J connectivity index is 2.11. The number of amides is 1. The largest absolute Gasteiger partial charge is 0.492 e. The molecule has 0 unspecified atom stereocenters. The molecule has 3 rings (SSSR count). The number of aromatic nitrogens is 2. The van der Waals surface area contributed by atoms with E-state index < -0.39 is 5.91 Å². The molecule has 0 saturated heterocycles. The summed E-state index contributed by atoms with van der Waals surface area (Å²) in [7, 11) is 0. The first-order chi connectivity index (χ1) is 14.6. The number of hydrogen-bond donors (Lipinski definition) is 1. The lowest BCUT2D eigenvalue weighted by atomic mass is 10.2. The van der Waals surface area contributed by atoms with Crippen LogP contribution in [0.3, 0.4) is 0 Å². The molecule has 2 aromatic heterocycles. The summed E-state index contributed by atoms with van der Waals surface area (Å²) >= 11 is 1.09. The number of carbonyl (C=O) groups is 1. The minimum atomic E-state index is -0.600. The number of ether oxygens (including phenoxy) is 1. The SMILES string of the molecule is CCOc1ccccc1NC(=O)/C(C#N)=c1\s/c(=C\c2ccccn2)c(=O)n1CC. The number of nitriles is 1. The van der Waals surface area contributed by atoms with Crippen LogP contribution in [-0.2, 0) is 11.3 Å². The first kappa shape index (κ1) is 21.0. The molecule has 3 aromatic rings. The van der Waals surface area contributed by atoms with Gasteiger partial charge in [-0.15, -0.1) is 11.3 Å².